The van der Waals surface area contributed by atoms with Crippen LogP contribution in [0.3, 0.4) is 0 Å². The maximum Gasteiger partial charge on any atom is 0.330 e. The predicted molar refractivity (Wildman–Crippen MR) is 111 cm³/mol. The Morgan fingerprint density at radius 2 is 1.83 bits per heavy atom. The van der Waals surface area contributed by atoms with Gasteiger partial charge in [0.2, 0.25) is 11.8 Å². The van der Waals surface area contributed by atoms with Gasteiger partial charge in [-0.3, -0.25) is 4.79 Å². The Kier molecular flexibility index (Phi) is 6.58. The molecule has 0 saturated carbocycles. The van der Waals surface area contributed by atoms with Crippen molar-refractivity contribution in [2.24, 2.45) is 0 Å². The molecule has 0 atom stereocenters. The third-order valence-corrected chi connectivity index (χ3v) is 4.13. The number of hydrogen-bond donors (Lipinski definition) is 1. The van der Waals surface area contributed by atoms with E-state index in [1.165, 1.54) is 6.08 Å². The monoisotopic (exact) mass is 390 g/mol. The van der Waals surface area contributed by atoms with E-state index in [1.54, 1.807) is 44.2 Å². The zero-order chi connectivity index (χ0) is 20.6. The molecule has 0 unspecified atom stereocenters. The quantitative estimate of drug-likeness (QED) is 0.477. The van der Waals surface area contributed by atoms with Crippen molar-refractivity contribution in [3.63, 3.8) is 0 Å². The first kappa shape index (κ1) is 20.1. The van der Waals surface area contributed by atoms with E-state index in [9.17, 15) is 9.59 Å². The number of aryl methyl sites for hydroxylation is 1. The van der Waals surface area contributed by atoms with E-state index < -0.39 is 0 Å². The van der Waals surface area contributed by atoms with Crippen molar-refractivity contribution in [1.82, 2.24) is 4.98 Å². The molecule has 0 aliphatic carbocycles. The first-order chi connectivity index (χ1) is 14.0. The number of ether oxygens (including phenoxy) is 1. The second kappa shape index (κ2) is 9.50. The molecule has 6 nitrogen and oxygen atoms in total. The van der Waals surface area contributed by atoms with Crippen LogP contribution in [0.15, 0.2) is 65.1 Å². The van der Waals surface area contributed by atoms with E-state index in [4.69, 9.17) is 9.15 Å². The fourth-order valence-electron chi connectivity index (χ4n) is 2.69. The van der Waals surface area contributed by atoms with E-state index in [0.29, 0.717) is 29.6 Å². The SMILES string of the molecule is CCOC(=O)C=Cc1ccc(NC(=O)Cc2nc(-c3ccccc3)oc2C)cc1. The normalized spacial score (nSPS) is 10.8. The van der Waals surface area contributed by atoms with Crippen LogP contribution in [0.2, 0.25) is 0 Å². The van der Waals surface area contributed by atoms with Gasteiger partial charge in [0.15, 0.2) is 0 Å². The molecule has 0 aliphatic heterocycles. The van der Waals surface area contributed by atoms with Crippen molar-refractivity contribution in [2.75, 3.05) is 11.9 Å². The van der Waals surface area contributed by atoms with Crippen LogP contribution >= 0.6 is 0 Å². The summed E-state index contributed by atoms with van der Waals surface area (Å²) in [7, 11) is 0. The highest BCUT2D eigenvalue weighted by Crippen LogP contribution is 2.22. The van der Waals surface area contributed by atoms with Crippen molar-refractivity contribution < 1.29 is 18.7 Å². The number of hydrogen-bond acceptors (Lipinski definition) is 5. The Bertz CT molecular complexity index is 1010. The molecule has 0 saturated heterocycles. The Morgan fingerprint density at radius 1 is 1.10 bits per heavy atom. The summed E-state index contributed by atoms with van der Waals surface area (Å²) in [4.78, 5) is 28.2. The molecule has 0 aliphatic rings. The largest absolute Gasteiger partial charge is 0.463 e. The van der Waals surface area contributed by atoms with Gasteiger partial charge in [-0.05, 0) is 49.8 Å². The van der Waals surface area contributed by atoms with Gasteiger partial charge in [0.1, 0.15) is 5.76 Å². The van der Waals surface area contributed by atoms with Crippen molar-refractivity contribution in [2.45, 2.75) is 20.3 Å². The highest BCUT2D eigenvalue weighted by atomic mass is 16.5. The van der Waals surface area contributed by atoms with Gasteiger partial charge in [-0.25, -0.2) is 9.78 Å². The number of carbonyl (C=O) groups excluding carboxylic acids is 2. The minimum Gasteiger partial charge on any atom is -0.463 e. The molecule has 0 spiro atoms. The van der Waals surface area contributed by atoms with Gasteiger partial charge in [0.05, 0.1) is 18.7 Å². The Balaban J connectivity index is 1.60. The zero-order valence-electron chi connectivity index (χ0n) is 16.3. The number of aromatic nitrogens is 1. The zero-order valence-corrected chi connectivity index (χ0v) is 16.3. The molecule has 29 heavy (non-hydrogen) atoms. The highest BCUT2D eigenvalue weighted by molar-refractivity contribution is 5.92. The molecule has 1 aromatic heterocycles. The van der Waals surface area contributed by atoms with Crippen LogP contribution in [0.1, 0.15) is 23.9 Å². The standard InChI is InChI=1S/C23H22N2O4/c1-3-28-22(27)14-11-17-9-12-19(13-10-17)24-21(26)15-20-16(2)29-23(25-20)18-7-5-4-6-8-18/h4-14H,3,15H2,1-2H3,(H,24,26). The Labute approximate surface area is 169 Å². The summed E-state index contributed by atoms with van der Waals surface area (Å²) in [5, 5.41) is 2.84. The lowest BCUT2D eigenvalue weighted by atomic mass is 10.2. The second-order valence-electron chi connectivity index (χ2n) is 6.32. The third kappa shape index (κ3) is 5.65. The fourth-order valence-corrected chi connectivity index (χ4v) is 2.69. The Morgan fingerprint density at radius 3 is 2.52 bits per heavy atom. The van der Waals surface area contributed by atoms with Crippen LogP contribution in [0.4, 0.5) is 5.69 Å². The lowest BCUT2D eigenvalue weighted by Crippen LogP contribution is -2.15. The molecular formula is C23H22N2O4. The summed E-state index contributed by atoms with van der Waals surface area (Å²) in [6.07, 6.45) is 3.15. The Hall–Kier alpha value is -3.67. The van der Waals surface area contributed by atoms with Crippen molar-refractivity contribution in [3.8, 4) is 11.5 Å². The maximum absolute atomic E-state index is 12.4. The second-order valence-corrected chi connectivity index (χ2v) is 6.32. The molecule has 3 aromatic rings. The van der Waals surface area contributed by atoms with Crippen molar-refractivity contribution >= 4 is 23.6 Å². The number of anilines is 1. The third-order valence-electron chi connectivity index (χ3n) is 4.13. The first-order valence-corrected chi connectivity index (χ1v) is 9.31. The summed E-state index contributed by atoms with van der Waals surface area (Å²) < 4.78 is 10.5. The molecule has 148 valence electrons. The lowest BCUT2D eigenvalue weighted by molar-refractivity contribution is -0.137. The van der Waals surface area contributed by atoms with Gasteiger partial charge in [-0.2, -0.15) is 0 Å². The molecule has 1 amide bonds. The van der Waals surface area contributed by atoms with Crippen LogP contribution < -0.4 is 5.32 Å². The minimum absolute atomic E-state index is 0.118. The number of benzene rings is 2. The summed E-state index contributed by atoms with van der Waals surface area (Å²) in [6, 6.07) is 16.7. The smallest absolute Gasteiger partial charge is 0.330 e. The van der Waals surface area contributed by atoms with E-state index in [-0.39, 0.29) is 18.3 Å². The molecule has 3 rings (SSSR count). The number of carbonyl (C=O) groups is 2. The van der Waals surface area contributed by atoms with Crippen molar-refractivity contribution in [1.29, 1.82) is 0 Å². The molecule has 6 heteroatoms. The van der Waals surface area contributed by atoms with Crippen LogP contribution in [0.5, 0.6) is 0 Å². The van der Waals surface area contributed by atoms with Crippen LogP contribution in [-0.4, -0.2) is 23.5 Å². The van der Waals surface area contributed by atoms with E-state index in [2.05, 4.69) is 10.3 Å². The topological polar surface area (TPSA) is 81.4 Å². The lowest BCUT2D eigenvalue weighted by Gasteiger charge is -2.04. The van der Waals surface area contributed by atoms with Gasteiger partial charge < -0.3 is 14.5 Å². The van der Waals surface area contributed by atoms with Crippen LogP contribution in [0.25, 0.3) is 17.5 Å². The highest BCUT2D eigenvalue weighted by Gasteiger charge is 2.14. The summed E-state index contributed by atoms with van der Waals surface area (Å²) >= 11 is 0. The van der Waals surface area contributed by atoms with Gasteiger partial charge >= 0.3 is 5.97 Å². The van der Waals surface area contributed by atoms with Crippen LogP contribution in [0, 0.1) is 6.92 Å². The summed E-state index contributed by atoms with van der Waals surface area (Å²) in [5.74, 6) is 0.556. The average molecular weight is 390 g/mol. The molecule has 0 fully saturated rings. The van der Waals surface area contributed by atoms with Crippen LogP contribution in [-0.2, 0) is 20.7 Å². The maximum atomic E-state index is 12.4. The number of nitrogens with one attached hydrogen (secondary N) is 1. The molecular weight excluding hydrogens is 368 g/mol. The first-order valence-electron chi connectivity index (χ1n) is 9.31. The van der Waals surface area contributed by atoms with Gasteiger partial charge in [-0.15, -0.1) is 0 Å². The average Bonchev–Trinajstić information content (AvgIpc) is 3.08. The number of amides is 1. The van der Waals surface area contributed by atoms with E-state index in [1.807, 2.05) is 30.3 Å². The molecule has 0 bridgehead atoms. The predicted octanol–water partition coefficient (Wildman–Crippen LogP) is 4.41. The van der Waals surface area contributed by atoms with Gasteiger partial charge in [0.25, 0.3) is 0 Å². The summed E-state index contributed by atoms with van der Waals surface area (Å²) in [6.45, 7) is 3.89. The van der Waals surface area contributed by atoms with E-state index in [0.717, 1.165) is 11.1 Å². The molecule has 1 N–H and O–H groups in total. The molecule has 0 radical (unpaired) electrons. The number of oxazole rings is 1. The van der Waals surface area contributed by atoms with Crippen molar-refractivity contribution in [3.05, 3.63) is 77.7 Å². The number of esters is 1. The van der Waals surface area contributed by atoms with E-state index >= 15 is 0 Å². The number of nitrogens with zero attached hydrogens (tertiary/aromatic N) is 1. The fraction of sp³-hybridized carbons (Fsp3) is 0.174. The van der Waals surface area contributed by atoms with Gasteiger partial charge in [-0.1, -0.05) is 30.3 Å². The minimum atomic E-state index is -0.386. The molecule has 1 heterocycles. The molecule has 2 aromatic carbocycles. The van der Waals surface area contributed by atoms with Gasteiger partial charge in [0, 0.05) is 17.3 Å². The number of rotatable bonds is 7. The summed E-state index contributed by atoms with van der Waals surface area (Å²) in [5.41, 5.74) is 2.97.